The summed E-state index contributed by atoms with van der Waals surface area (Å²) in [5.74, 6) is -0.625. The highest BCUT2D eigenvalue weighted by molar-refractivity contribution is 5.99. The van der Waals surface area contributed by atoms with Crippen molar-refractivity contribution in [2.24, 2.45) is 0 Å². The molecule has 1 amide bonds. The molecule has 2 rings (SSSR count). The van der Waals surface area contributed by atoms with Crippen molar-refractivity contribution in [3.8, 4) is 5.75 Å². The molecule has 0 aromatic heterocycles. The molecule has 6 heteroatoms. The second-order valence-corrected chi connectivity index (χ2v) is 5.09. The van der Waals surface area contributed by atoms with Crippen LogP contribution in [-0.2, 0) is 0 Å². The van der Waals surface area contributed by atoms with E-state index in [1.165, 1.54) is 19.1 Å². The Labute approximate surface area is 127 Å². The first-order valence-corrected chi connectivity index (χ1v) is 7.14. The summed E-state index contributed by atoms with van der Waals surface area (Å²) in [5, 5.41) is 15.6. The Morgan fingerprint density at radius 1 is 1.23 bits per heavy atom. The fourth-order valence-electron chi connectivity index (χ4n) is 2.09. The topological polar surface area (TPSA) is 95.5 Å². The van der Waals surface area contributed by atoms with Crippen LogP contribution in [0.15, 0.2) is 27.8 Å². The van der Waals surface area contributed by atoms with Gasteiger partial charge >= 0.3 is 0 Å². The largest absolute Gasteiger partial charge is 0.505 e. The van der Waals surface area contributed by atoms with E-state index in [1.807, 2.05) is 6.92 Å². The van der Waals surface area contributed by atoms with E-state index < -0.39 is 10.9 Å². The molecule has 0 saturated heterocycles. The molecule has 2 aromatic rings. The molecule has 0 aliphatic carbocycles. The molecule has 0 fully saturated rings. The maximum Gasteiger partial charge on any atom is 0.255 e. The number of benzene rings is 1. The summed E-state index contributed by atoms with van der Waals surface area (Å²) in [6.07, 6.45) is 1.81. The molecule has 0 aliphatic rings. The number of carbonyl (C=O) groups excluding carboxylic acids is 1. The zero-order valence-electron chi connectivity index (χ0n) is 12.5. The van der Waals surface area contributed by atoms with E-state index in [2.05, 4.69) is 10.6 Å². The fraction of sp³-hybridized carbons (Fsp3) is 0.312. The molecular weight excluding hydrogens is 284 g/mol. The smallest absolute Gasteiger partial charge is 0.255 e. The van der Waals surface area contributed by atoms with Gasteiger partial charge in [-0.3, -0.25) is 14.4 Å². The minimum atomic E-state index is -0.616. The van der Waals surface area contributed by atoms with Gasteiger partial charge in [0.2, 0.25) is 10.9 Å². The molecule has 6 nitrogen and oxygen atoms in total. The van der Waals surface area contributed by atoms with Crippen LogP contribution in [0.2, 0.25) is 0 Å². The molecule has 0 radical (unpaired) electrons. The molecular formula is C16H18N2O4. The summed E-state index contributed by atoms with van der Waals surface area (Å²) < 4.78 is 0. The second kappa shape index (κ2) is 6.43. The van der Waals surface area contributed by atoms with Crippen LogP contribution in [0, 0.1) is 6.92 Å². The quantitative estimate of drug-likeness (QED) is 0.428. The van der Waals surface area contributed by atoms with Crippen LogP contribution >= 0.6 is 0 Å². The molecule has 0 heterocycles. The average molecular weight is 302 g/mol. The van der Waals surface area contributed by atoms with Crippen molar-refractivity contribution < 1.29 is 9.90 Å². The Bertz CT molecular complexity index is 773. The number of unbranched alkanes of at least 4 members (excludes halogenated alkanes) is 1. The van der Waals surface area contributed by atoms with Crippen LogP contribution in [-0.4, -0.2) is 17.6 Å². The summed E-state index contributed by atoms with van der Waals surface area (Å²) in [6, 6.07) is 4.63. The van der Waals surface area contributed by atoms with Crippen molar-refractivity contribution in [1.29, 1.82) is 0 Å². The molecule has 0 spiro atoms. The van der Waals surface area contributed by atoms with E-state index in [1.54, 1.807) is 6.07 Å². The first-order chi connectivity index (χ1) is 10.5. The second-order valence-electron chi connectivity index (χ2n) is 5.09. The van der Waals surface area contributed by atoms with Gasteiger partial charge in [-0.15, -0.1) is 0 Å². The maximum absolute atomic E-state index is 12.0. The van der Waals surface area contributed by atoms with E-state index in [0.717, 1.165) is 12.8 Å². The van der Waals surface area contributed by atoms with Gasteiger partial charge in [0.1, 0.15) is 0 Å². The third-order valence-electron chi connectivity index (χ3n) is 3.51. The average Bonchev–Trinajstić information content (AvgIpc) is 2.52. The van der Waals surface area contributed by atoms with Crippen molar-refractivity contribution in [2.45, 2.75) is 26.7 Å². The Balaban J connectivity index is 2.21. The van der Waals surface area contributed by atoms with Crippen LogP contribution in [0.3, 0.4) is 0 Å². The number of amides is 1. The number of aromatic hydroxyl groups is 1. The molecule has 22 heavy (non-hydrogen) atoms. The minimum absolute atomic E-state index is 0.123. The molecule has 116 valence electrons. The molecule has 0 aliphatic heterocycles. The summed E-state index contributed by atoms with van der Waals surface area (Å²) >= 11 is 0. The predicted molar refractivity (Wildman–Crippen MR) is 84.7 cm³/mol. The first-order valence-electron chi connectivity index (χ1n) is 7.14. The zero-order chi connectivity index (χ0) is 16.3. The highest BCUT2D eigenvalue weighted by atomic mass is 16.3. The molecule has 3 N–H and O–H groups in total. The van der Waals surface area contributed by atoms with E-state index in [4.69, 9.17) is 0 Å². The minimum Gasteiger partial charge on any atom is -0.505 e. The number of nitrogens with one attached hydrogen (secondary N) is 2. The lowest BCUT2D eigenvalue weighted by atomic mass is 10.1. The van der Waals surface area contributed by atoms with E-state index in [0.29, 0.717) is 12.1 Å². The first kappa shape index (κ1) is 15.8. The van der Waals surface area contributed by atoms with Gasteiger partial charge in [-0.1, -0.05) is 19.4 Å². The SMILES string of the molecule is CCCCNC(=O)c1cccc(Nc2c(C)c(=O)c2=O)c1O. The summed E-state index contributed by atoms with van der Waals surface area (Å²) in [5.41, 5.74) is -0.327. The van der Waals surface area contributed by atoms with Crippen molar-refractivity contribution in [3.05, 3.63) is 49.8 Å². The van der Waals surface area contributed by atoms with Gasteiger partial charge in [-0.05, 0) is 25.5 Å². The Kier molecular flexibility index (Phi) is 4.60. The van der Waals surface area contributed by atoms with E-state index in [-0.39, 0.29) is 28.6 Å². The number of hydrogen-bond donors (Lipinski definition) is 3. The van der Waals surface area contributed by atoms with Crippen LogP contribution in [0.1, 0.15) is 35.7 Å². The Morgan fingerprint density at radius 3 is 2.59 bits per heavy atom. The molecule has 0 saturated carbocycles. The predicted octanol–water partition coefficient (Wildman–Crippen LogP) is 1.57. The summed E-state index contributed by atoms with van der Waals surface area (Å²) in [7, 11) is 0. The van der Waals surface area contributed by atoms with Gasteiger partial charge in [0.15, 0.2) is 5.75 Å². The van der Waals surface area contributed by atoms with Crippen LogP contribution in [0.4, 0.5) is 11.4 Å². The number of para-hydroxylation sites is 1. The van der Waals surface area contributed by atoms with Gasteiger partial charge in [-0.2, -0.15) is 0 Å². The van der Waals surface area contributed by atoms with Gasteiger partial charge in [0.05, 0.1) is 16.9 Å². The lowest BCUT2D eigenvalue weighted by Gasteiger charge is -2.14. The van der Waals surface area contributed by atoms with Crippen molar-refractivity contribution in [3.63, 3.8) is 0 Å². The van der Waals surface area contributed by atoms with Crippen LogP contribution < -0.4 is 21.5 Å². The third kappa shape index (κ3) is 2.86. The Morgan fingerprint density at radius 2 is 1.95 bits per heavy atom. The fourth-order valence-corrected chi connectivity index (χ4v) is 2.09. The number of phenolic OH excluding ortho intramolecular Hbond substituents is 1. The number of carbonyl (C=O) groups is 1. The lowest BCUT2D eigenvalue weighted by molar-refractivity contribution is 0.0950. The summed E-state index contributed by atoms with van der Waals surface area (Å²) in [6.45, 7) is 4.08. The summed E-state index contributed by atoms with van der Waals surface area (Å²) in [4.78, 5) is 34.7. The number of anilines is 2. The third-order valence-corrected chi connectivity index (χ3v) is 3.51. The normalized spacial score (nSPS) is 10.6. The lowest BCUT2D eigenvalue weighted by Crippen LogP contribution is -2.36. The number of hydrogen-bond acceptors (Lipinski definition) is 5. The van der Waals surface area contributed by atoms with Crippen molar-refractivity contribution in [1.82, 2.24) is 5.32 Å². The Hall–Kier alpha value is -2.63. The molecule has 0 atom stereocenters. The zero-order valence-corrected chi connectivity index (χ0v) is 12.5. The van der Waals surface area contributed by atoms with E-state index >= 15 is 0 Å². The molecule has 2 aromatic carbocycles. The van der Waals surface area contributed by atoms with Gasteiger partial charge in [0.25, 0.3) is 5.91 Å². The molecule has 0 unspecified atom stereocenters. The highest BCUT2D eigenvalue weighted by Gasteiger charge is 2.19. The van der Waals surface area contributed by atoms with Crippen LogP contribution in [0.5, 0.6) is 5.75 Å². The van der Waals surface area contributed by atoms with Crippen molar-refractivity contribution >= 4 is 17.3 Å². The van der Waals surface area contributed by atoms with E-state index in [9.17, 15) is 19.5 Å². The number of rotatable bonds is 6. The number of phenols is 1. The van der Waals surface area contributed by atoms with Gasteiger partial charge in [0, 0.05) is 12.1 Å². The highest BCUT2D eigenvalue weighted by Crippen LogP contribution is 2.30. The van der Waals surface area contributed by atoms with Gasteiger partial charge in [-0.25, -0.2) is 0 Å². The monoisotopic (exact) mass is 302 g/mol. The van der Waals surface area contributed by atoms with Crippen molar-refractivity contribution in [2.75, 3.05) is 11.9 Å². The standard InChI is InChI=1S/C16H18N2O4/c1-3-4-8-17-16(22)10-6-5-7-11(14(10)20)18-12-9(2)13(19)15(12)21/h5-7,18,20H,3-4,8H2,1-2H3,(H,17,22). The van der Waals surface area contributed by atoms with Crippen LogP contribution in [0.25, 0.3) is 0 Å². The molecule has 0 bridgehead atoms. The van der Waals surface area contributed by atoms with Gasteiger partial charge < -0.3 is 15.7 Å². The maximum atomic E-state index is 12.0.